The molecule has 0 saturated carbocycles. The van der Waals surface area contributed by atoms with Crippen LogP contribution in [0.3, 0.4) is 0 Å². The molecule has 9 nitrogen and oxygen atoms in total. The summed E-state index contributed by atoms with van der Waals surface area (Å²) in [4.78, 5) is 23.5. The van der Waals surface area contributed by atoms with Crippen LogP contribution in [0.25, 0.3) is 11.4 Å². The minimum Gasteiger partial charge on any atom is -0.454 e. The molecule has 5 rings (SSSR count). The highest BCUT2D eigenvalue weighted by atomic mass is 16.7. The van der Waals surface area contributed by atoms with Gasteiger partial charge in [0.05, 0.1) is 0 Å². The first-order valence-corrected chi connectivity index (χ1v) is 10.4. The van der Waals surface area contributed by atoms with E-state index in [4.69, 9.17) is 14.0 Å². The molecule has 1 amide bonds. The second-order valence-electron chi connectivity index (χ2n) is 7.87. The van der Waals surface area contributed by atoms with Crippen molar-refractivity contribution in [1.29, 1.82) is 0 Å². The molecule has 1 N–H and O–H groups in total. The van der Waals surface area contributed by atoms with Gasteiger partial charge in [-0.3, -0.25) is 4.79 Å². The number of aromatic nitrogens is 3. The van der Waals surface area contributed by atoms with Crippen molar-refractivity contribution in [3.63, 3.8) is 0 Å². The number of anilines is 1. The molecule has 4 heterocycles. The van der Waals surface area contributed by atoms with E-state index in [2.05, 4.69) is 32.3 Å². The van der Waals surface area contributed by atoms with E-state index in [0.717, 1.165) is 48.8 Å². The molecular formula is C22H23N5O4. The summed E-state index contributed by atoms with van der Waals surface area (Å²) in [5.74, 6) is 2.85. The first-order chi connectivity index (χ1) is 15.2. The quantitative estimate of drug-likeness (QED) is 0.671. The van der Waals surface area contributed by atoms with E-state index >= 15 is 0 Å². The van der Waals surface area contributed by atoms with E-state index in [1.807, 2.05) is 30.3 Å². The van der Waals surface area contributed by atoms with Gasteiger partial charge in [0.2, 0.25) is 12.6 Å². The van der Waals surface area contributed by atoms with Crippen molar-refractivity contribution in [3.8, 4) is 22.9 Å². The Morgan fingerprint density at radius 2 is 2.00 bits per heavy atom. The molecule has 31 heavy (non-hydrogen) atoms. The lowest BCUT2D eigenvalue weighted by atomic mass is 9.99. The summed E-state index contributed by atoms with van der Waals surface area (Å²) in [6.45, 7) is 4.76. The van der Waals surface area contributed by atoms with Gasteiger partial charge in [0.15, 0.2) is 11.5 Å². The molecule has 2 aliphatic heterocycles. The lowest BCUT2D eigenvalue weighted by molar-refractivity contribution is 0.0907. The van der Waals surface area contributed by atoms with Crippen molar-refractivity contribution in [2.75, 3.05) is 24.8 Å². The number of ether oxygens (including phenoxy) is 2. The van der Waals surface area contributed by atoms with Gasteiger partial charge in [-0.1, -0.05) is 18.1 Å². The maximum atomic E-state index is 12.5. The minimum absolute atomic E-state index is 0.0825. The third kappa shape index (κ3) is 4.16. The molecule has 9 heteroatoms. The number of carbonyl (C=O) groups excluding carboxylic acids is 1. The lowest BCUT2D eigenvalue weighted by Gasteiger charge is -2.31. The zero-order chi connectivity index (χ0) is 21.2. The summed E-state index contributed by atoms with van der Waals surface area (Å²) in [5, 5.41) is 6.76. The average Bonchev–Trinajstić information content (AvgIpc) is 3.47. The van der Waals surface area contributed by atoms with E-state index in [1.54, 1.807) is 6.20 Å². The molecule has 1 aromatic carbocycles. The van der Waals surface area contributed by atoms with E-state index in [1.165, 1.54) is 0 Å². The fourth-order valence-electron chi connectivity index (χ4n) is 3.71. The number of fused-ring (bicyclic) bond motifs is 1. The highest BCUT2D eigenvalue weighted by molar-refractivity contribution is 5.89. The van der Waals surface area contributed by atoms with Crippen LogP contribution < -0.4 is 19.7 Å². The van der Waals surface area contributed by atoms with Gasteiger partial charge < -0.3 is 24.2 Å². The maximum absolute atomic E-state index is 12.5. The van der Waals surface area contributed by atoms with Gasteiger partial charge in [0, 0.05) is 31.4 Å². The molecule has 0 unspecified atom stereocenters. The minimum atomic E-state index is -0.435. The standard InChI is InChI=1S/C22H23N5O4/c1-14-5-8-27(9-6-14)19-11-16(4-7-23-19)20-25-22(31-26-20)21(28)24-12-15-2-3-17-18(10-15)30-13-29-17/h2-4,7,10-11,14H,5-6,8-9,12-13H2,1H3,(H,24,28). The Labute approximate surface area is 179 Å². The van der Waals surface area contributed by atoms with Crippen LogP contribution in [0, 0.1) is 5.92 Å². The number of hydrogen-bond donors (Lipinski definition) is 1. The smallest absolute Gasteiger partial charge is 0.316 e. The molecule has 1 fully saturated rings. The van der Waals surface area contributed by atoms with Crippen molar-refractivity contribution < 1.29 is 18.8 Å². The summed E-state index contributed by atoms with van der Waals surface area (Å²) in [7, 11) is 0. The van der Waals surface area contributed by atoms with Gasteiger partial charge >= 0.3 is 11.8 Å². The Hall–Kier alpha value is -3.62. The van der Waals surface area contributed by atoms with E-state index in [9.17, 15) is 4.79 Å². The third-order valence-corrected chi connectivity index (χ3v) is 5.62. The molecule has 160 valence electrons. The molecule has 0 radical (unpaired) electrons. The fraction of sp³-hybridized carbons (Fsp3) is 0.364. The molecule has 2 aromatic heterocycles. The van der Waals surface area contributed by atoms with E-state index in [0.29, 0.717) is 23.9 Å². The van der Waals surface area contributed by atoms with Crippen LogP contribution in [0.15, 0.2) is 41.1 Å². The fourth-order valence-corrected chi connectivity index (χ4v) is 3.71. The number of nitrogens with zero attached hydrogens (tertiary/aromatic N) is 4. The monoisotopic (exact) mass is 421 g/mol. The van der Waals surface area contributed by atoms with E-state index < -0.39 is 5.91 Å². The predicted molar refractivity (Wildman–Crippen MR) is 112 cm³/mol. The first kappa shape index (κ1) is 19.3. The summed E-state index contributed by atoms with van der Waals surface area (Å²) in [5.41, 5.74) is 1.65. The third-order valence-electron chi connectivity index (χ3n) is 5.62. The Morgan fingerprint density at radius 3 is 2.87 bits per heavy atom. The summed E-state index contributed by atoms with van der Waals surface area (Å²) >= 11 is 0. The van der Waals surface area contributed by atoms with Crippen LogP contribution in [0.4, 0.5) is 5.82 Å². The van der Waals surface area contributed by atoms with Crippen LogP contribution in [-0.4, -0.2) is 40.9 Å². The van der Waals surface area contributed by atoms with Gasteiger partial charge in [-0.15, -0.1) is 0 Å². The van der Waals surface area contributed by atoms with Crippen LogP contribution in [0.5, 0.6) is 11.5 Å². The highest BCUT2D eigenvalue weighted by Gasteiger charge is 2.20. The Balaban J connectivity index is 1.24. The van der Waals surface area contributed by atoms with Crippen LogP contribution in [-0.2, 0) is 6.54 Å². The second-order valence-corrected chi connectivity index (χ2v) is 7.87. The molecule has 1 saturated heterocycles. The molecule has 3 aromatic rings. The Morgan fingerprint density at radius 1 is 1.16 bits per heavy atom. The molecule has 2 aliphatic rings. The molecular weight excluding hydrogens is 398 g/mol. The van der Waals surface area contributed by atoms with Gasteiger partial charge in [-0.2, -0.15) is 4.98 Å². The largest absolute Gasteiger partial charge is 0.454 e. The Bertz CT molecular complexity index is 1090. The normalized spacial score (nSPS) is 15.8. The van der Waals surface area contributed by atoms with Crippen molar-refractivity contribution >= 4 is 11.7 Å². The van der Waals surface area contributed by atoms with Crippen LogP contribution in [0.2, 0.25) is 0 Å². The predicted octanol–water partition coefficient (Wildman–Crippen LogP) is 3.03. The van der Waals surface area contributed by atoms with Crippen molar-refractivity contribution in [2.24, 2.45) is 5.92 Å². The van der Waals surface area contributed by atoms with Gasteiger partial charge in [0.1, 0.15) is 5.82 Å². The SMILES string of the molecule is CC1CCN(c2cc(-c3noc(C(=O)NCc4ccc5c(c4)OCO5)n3)ccn2)CC1. The number of pyridine rings is 1. The topological polar surface area (TPSA) is 103 Å². The van der Waals surface area contributed by atoms with Crippen molar-refractivity contribution in [3.05, 3.63) is 48.0 Å². The maximum Gasteiger partial charge on any atom is 0.316 e. The number of amides is 1. The van der Waals surface area contributed by atoms with Crippen LogP contribution in [0.1, 0.15) is 36.0 Å². The molecule has 0 aliphatic carbocycles. The lowest BCUT2D eigenvalue weighted by Crippen LogP contribution is -2.33. The molecule has 0 spiro atoms. The first-order valence-electron chi connectivity index (χ1n) is 10.4. The van der Waals surface area contributed by atoms with Gasteiger partial charge in [-0.25, -0.2) is 4.98 Å². The number of benzene rings is 1. The highest BCUT2D eigenvalue weighted by Crippen LogP contribution is 2.32. The zero-order valence-electron chi connectivity index (χ0n) is 17.2. The number of carbonyl (C=O) groups is 1. The zero-order valence-corrected chi connectivity index (χ0v) is 17.2. The summed E-state index contributed by atoms with van der Waals surface area (Å²) in [6, 6.07) is 9.28. The number of piperidine rings is 1. The number of hydrogen-bond acceptors (Lipinski definition) is 8. The Kier molecular flexibility index (Phi) is 5.15. The average molecular weight is 421 g/mol. The van der Waals surface area contributed by atoms with E-state index in [-0.39, 0.29) is 12.7 Å². The van der Waals surface area contributed by atoms with Crippen molar-refractivity contribution in [1.82, 2.24) is 20.4 Å². The van der Waals surface area contributed by atoms with Crippen molar-refractivity contribution in [2.45, 2.75) is 26.3 Å². The number of rotatable bonds is 5. The second kappa shape index (κ2) is 8.25. The summed E-state index contributed by atoms with van der Waals surface area (Å²) in [6.07, 6.45) is 4.04. The molecule has 0 bridgehead atoms. The number of nitrogens with one attached hydrogen (secondary N) is 1. The molecule has 0 atom stereocenters. The summed E-state index contributed by atoms with van der Waals surface area (Å²) < 4.78 is 15.8. The van der Waals surface area contributed by atoms with Gasteiger partial charge in [-0.05, 0) is 48.6 Å². The van der Waals surface area contributed by atoms with Gasteiger partial charge in [0.25, 0.3) is 0 Å². The van der Waals surface area contributed by atoms with Crippen LogP contribution >= 0.6 is 0 Å².